The van der Waals surface area contributed by atoms with E-state index in [0.29, 0.717) is 0 Å². The Kier molecular flexibility index (Phi) is 4.06. The SMILES string of the molecule is COC(=O)[C@H]1CC[C@@H](CBr)CC1. The number of esters is 1. The molecule has 0 N–H and O–H groups in total. The number of carbonyl (C=O) groups is 1. The first-order valence-electron chi connectivity index (χ1n) is 4.41. The maximum atomic E-state index is 11.1. The molecule has 3 heteroatoms. The van der Waals surface area contributed by atoms with Gasteiger partial charge in [0.1, 0.15) is 0 Å². The van der Waals surface area contributed by atoms with E-state index in [1.807, 2.05) is 0 Å². The summed E-state index contributed by atoms with van der Waals surface area (Å²) in [5, 5.41) is 1.07. The smallest absolute Gasteiger partial charge is 0.308 e. The van der Waals surface area contributed by atoms with E-state index in [-0.39, 0.29) is 11.9 Å². The summed E-state index contributed by atoms with van der Waals surface area (Å²) in [5.41, 5.74) is 0. The minimum atomic E-state index is -0.0250. The van der Waals surface area contributed by atoms with Crippen LogP contribution in [0.5, 0.6) is 0 Å². The topological polar surface area (TPSA) is 26.3 Å². The molecule has 0 radical (unpaired) electrons. The van der Waals surface area contributed by atoms with Gasteiger partial charge in [0.05, 0.1) is 13.0 Å². The molecule has 0 atom stereocenters. The van der Waals surface area contributed by atoms with Gasteiger partial charge in [0.25, 0.3) is 0 Å². The van der Waals surface area contributed by atoms with Crippen molar-refractivity contribution in [1.29, 1.82) is 0 Å². The molecule has 0 amide bonds. The van der Waals surface area contributed by atoms with Crippen molar-refractivity contribution >= 4 is 21.9 Å². The Morgan fingerprint density at radius 3 is 2.42 bits per heavy atom. The van der Waals surface area contributed by atoms with Crippen molar-refractivity contribution in [3.05, 3.63) is 0 Å². The second-order valence-corrected chi connectivity index (χ2v) is 4.04. The summed E-state index contributed by atoms with van der Waals surface area (Å²) in [5.74, 6) is 0.916. The highest BCUT2D eigenvalue weighted by molar-refractivity contribution is 9.09. The van der Waals surface area contributed by atoms with Crippen LogP contribution >= 0.6 is 15.9 Å². The van der Waals surface area contributed by atoms with Crippen molar-refractivity contribution in [2.45, 2.75) is 25.7 Å². The molecule has 1 fully saturated rings. The number of carbonyl (C=O) groups excluding carboxylic acids is 1. The zero-order chi connectivity index (χ0) is 8.97. The first-order valence-corrected chi connectivity index (χ1v) is 5.54. The van der Waals surface area contributed by atoms with Crippen LogP contribution in [-0.4, -0.2) is 18.4 Å². The second-order valence-electron chi connectivity index (χ2n) is 3.40. The van der Waals surface area contributed by atoms with Gasteiger partial charge in [-0.05, 0) is 31.6 Å². The van der Waals surface area contributed by atoms with Crippen molar-refractivity contribution in [1.82, 2.24) is 0 Å². The monoisotopic (exact) mass is 234 g/mol. The van der Waals surface area contributed by atoms with E-state index in [4.69, 9.17) is 4.74 Å². The van der Waals surface area contributed by atoms with Gasteiger partial charge in [-0.3, -0.25) is 4.79 Å². The molecule has 0 aromatic rings. The molecular formula is C9H15BrO2. The van der Waals surface area contributed by atoms with Crippen molar-refractivity contribution in [3.8, 4) is 0 Å². The third-order valence-electron chi connectivity index (χ3n) is 2.60. The van der Waals surface area contributed by atoms with Crippen LogP contribution in [0.2, 0.25) is 0 Å². The van der Waals surface area contributed by atoms with E-state index in [9.17, 15) is 4.79 Å². The van der Waals surface area contributed by atoms with Gasteiger partial charge in [0, 0.05) is 5.33 Å². The quantitative estimate of drug-likeness (QED) is 0.542. The summed E-state index contributed by atoms with van der Waals surface area (Å²) in [7, 11) is 1.47. The number of methoxy groups -OCH3 is 1. The number of ether oxygens (including phenoxy) is 1. The van der Waals surface area contributed by atoms with Crippen molar-refractivity contribution in [2.75, 3.05) is 12.4 Å². The first kappa shape index (κ1) is 10.0. The van der Waals surface area contributed by atoms with Crippen molar-refractivity contribution in [2.24, 2.45) is 11.8 Å². The van der Waals surface area contributed by atoms with Crippen LogP contribution in [0.25, 0.3) is 0 Å². The molecular weight excluding hydrogens is 220 g/mol. The Morgan fingerprint density at radius 1 is 1.42 bits per heavy atom. The molecule has 0 aromatic carbocycles. The molecule has 1 rings (SSSR count). The van der Waals surface area contributed by atoms with E-state index in [1.54, 1.807) is 0 Å². The zero-order valence-corrected chi connectivity index (χ0v) is 8.97. The molecule has 0 bridgehead atoms. The number of hydrogen-bond acceptors (Lipinski definition) is 2. The molecule has 0 aliphatic heterocycles. The van der Waals surface area contributed by atoms with Crippen molar-refractivity contribution in [3.63, 3.8) is 0 Å². The van der Waals surface area contributed by atoms with Gasteiger partial charge >= 0.3 is 5.97 Å². The minimum Gasteiger partial charge on any atom is -0.469 e. The molecule has 70 valence electrons. The highest BCUT2D eigenvalue weighted by Gasteiger charge is 2.25. The maximum absolute atomic E-state index is 11.1. The molecule has 0 aromatic heterocycles. The largest absolute Gasteiger partial charge is 0.469 e. The second kappa shape index (κ2) is 4.85. The fraction of sp³-hybridized carbons (Fsp3) is 0.889. The zero-order valence-electron chi connectivity index (χ0n) is 7.38. The summed E-state index contributed by atoms with van der Waals surface area (Å²) in [6, 6.07) is 0. The summed E-state index contributed by atoms with van der Waals surface area (Å²) >= 11 is 3.47. The molecule has 0 saturated heterocycles. The molecule has 0 spiro atoms. The fourth-order valence-corrected chi connectivity index (χ4v) is 2.37. The highest BCUT2D eigenvalue weighted by atomic mass is 79.9. The van der Waals surface area contributed by atoms with Gasteiger partial charge in [-0.2, -0.15) is 0 Å². The van der Waals surface area contributed by atoms with Gasteiger partial charge in [-0.1, -0.05) is 15.9 Å². The number of hydrogen-bond donors (Lipinski definition) is 0. The third-order valence-corrected chi connectivity index (χ3v) is 3.52. The minimum absolute atomic E-state index is 0.0250. The third kappa shape index (κ3) is 2.47. The molecule has 1 aliphatic rings. The van der Waals surface area contributed by atoms with Gasteiger partial charge in [-0.25, -0.2) is 0 Å². The Labute approximate surface area is 81.8 Å². The Balaban J connectivity index is 2.30. The van der Waals surface area contributed by atoms with E-state index in [0.717, 1.165) is 36.9 Å². The summed E-state index contributed by atoms with van der Waals surface area (Å²) < 4.78 is 4.71. The first-order chi connectivity index (χ1) is 5.77. The van der Waals surface area contributed by atoms with Crippen LogP contribution in [0.1, 0.15) is 25.7 Å². The molecule has 2 nitrogen and oxygen atoms in total. The normalized spacial score (nSPS) is 29.8. The predicted octanol–water partition coefficient (Wildman–Crippen LogP) is 2.36. The highest BCUT2D eigenvalue weighted by Crippen LogP contribution is 2.30. The molecule has 1 aliphatic carbocycles. The van der Waals surface area contributed by atoms with E-state index < -0.39 is 0 Å². The lowest BCUT2D eigenvalue weighted by molar-refractivity contribution is -0.146. The number of alkyl halides is 1. The summed E-state index contributed by atoms with van der Waals surface area (Å²) in [6.07, 6.45) is 4.32. The molecule has 1 saturated carbocycles. The van der Waals surface area contributed by atoms with Crippen LogP contribution in [0.4, 0.5) is 0 Å². The van der Waals surface area contributed by atoms with Gasteiger partial charge in [0.2, 0.25) is 0 Å². The van der Waals surface area contributed by atoms with Crippen LogP contribution in [0.15, 0.2) is 0 Å². The Hall–Kier alpha value is -0.0500. The van der Waals surface area contributed by atoms with Gasteiger partial charge in [0.15, 0.2) is 0 Å². The molecule has 12 heavy (non-hydrogen) atoms. The Morgan fingerprint density at radius 2 is 2.00 bits per heavy atom. The van der Waals surface area contributed by atoms with Crippen LogP contribution < -0.4 is 0 Å². The van der Waals surface area contributed by atoms with Gasteiger partial charge < -0.3 is 4.74 Å². The lowest BCUT2D eigenvalue weighted by atomic mass is 9.83. The molecule has 0 unspecified atom stereocenters. The average molecular weight is 235 g/mol. The van der Waals surface area contributed by atoms with Crippen molar-refractivity contribution < 1.29 is 9.53 Å². The number of halogens is 1. The summed E-state index contributed by atoms with van der Waals surface area (Å²) in [6.45, 7) is 0. The fourth-order valence-electron chi connectivity index (χ4n) is 1.72. The number of rotatable bonds is 2. The standard InChI is InChI=1S/C9H15BrO2/c1-12-9(11)8-4-2-7(6-10)3-5-8/h7-8H,2-6H2,1H3/t7-,8+. The van der Waals surface area contributed by atoms with Gasteiger partial charge in [-0.15, -0.1) is 0 Å². The average Bonchev–Trinajstić information content (AvgIpc) is 2.17. The van der Waals surface area contributed by atoms with Crippen LogP contribution in [0.3, 0.4) is 0 Å². The molecule has 0 heterocycles. The van der Waals surface area contributed by atoms with E-state index in [2.05, 4.69) is 15.9 Å². The summed E-state index contributed by atoms with van der Waals surface area (Å²) in [4.78, 5) is 11.1. The lowest BCUT2D eigenvalue weighted by Gasteiger charge is -2.25. The van der Waals surface area contributed by atoms with Crippen LogP contribution in [0, 0.1) is 11.8 Å². The maximum Gasteiger partial charge on any atom is 0.308 e. The lowest BCUT2D eigenvalue weighted by Crippen LogP contribution is -2.23. The van der Waals surface area contributed by atoms with Crippen LogP contribution in [-0.2, 0) is 9.53 Å². The van der Waals surface area contributed by atoms with E-state index >= 15 is 0 Å². The predicted molar refractivity (Wildman–Crippen MR) is 51.3 cm³/mol. The Bertz CT molecular complexity index is 151. The van der Waals surface area contributed by atoms with E-state index in [1.165, 1.54) is 7.11 Å².